The molecule has 0 bridgehead atoms. The lowest BCUT2D eigenvalue weighted by atomic mass is 10.1. The molecule has 6 heteroatoms. The predicted octanol–water partition coefficient (Wildman–Crippen LogP) is 2.44. The van der Waals surface area contributed by atoms with Crippen LogP contribution in [0.3, 0.4) is 0 Å². The molecule has 2 rings (SSSR count). The number of rotatable bonds is 5. The Labute approximate surface area is 129 Å². The largest absolute Gasteiger partial charge is 0.442 e. The van der Waals surface area contributed by atoms with Crippen molar-refractivity contribution in [2.75, 3.05) is 13.1 Å². The minimum Gasteiger partial charge on any atom is -0.442 e. The van der Waals surface area contributed by atoms with Crippen LogP contribution in [0.25, 0.3) is 11.1 Å². The van der Waals surface area contributed by atoms with Gasteiger partial charge in [-0.15, -0.1) is 0 Å². The highest BCUT2D eigenvalue weighted by molar-refractivity contribution is 6.06. The number of carbonyl (C=O) groups is 1. The summed E-state index contributed by atoms with van der Waals surface area (Å²) in [5.41, 5.74) is 0.360. The standard InChI is InChI=1S/C16H23N3O3/c1-6-18(7-2)15(20)12-11(5)22-14-13(12)16(21)19(9-17-14)8-10(3)4/h9-10H,6-8H2,1-5H3. The molecular formula is C16H23N3O3. The molecule has 2 aromatic heterocycles. The molecule has 120 valence electrons. The third-order valence-corrected chi connectivity index (χ3v) is 3.68. The Balaban J connectivity index is 2.66. The van der Waals surface area contributed by atoms with E-state index in [2.05, 4.69) is 4.98 Å². The van der Waals surface area contributed by atoms with Gasteiger partial charge in [0.15, 0.2) is 0 Å². The summed E-state index contributed by atoms with van der Waals surface area (Å²) < 4.78 is 7.07. The first kappa shape index (κ1) is 16.3. The second-order valence-corrected chi connectivity index (χ2v) is 5.79. The molecule has 0 saturated carbocycles. The van der Waals surface area contributed by atoms with Crippen molar-refractivity contribution in [1.82, 2.24) is 14.5 Å². The molecule has 2 aromatic rings. The van der Waals surface area contributed by atoms with Gasteiger partial charge in [0.1, 0.15) is 17.5 Å². The topological polar surface area (TPSA) is 68.3 Å². The van der Waals surface area contributed by atoms with Gasteiger partial charge in [0.2, 0.25) is 5.71 Å². The van der Waals surface area contributed by atoms with Crippen LogP contribution < -0.4 is 5.56 Å². The van der Waals surface area contributed by atoms with E-state index in [1.165, 1.54) is 6.33 Å². The van der Waals surface area contributed by atoms with Crippen molar-refractivity contribution in [1.29, 1.82) is 0 Å². The first-order valence-electron chi connectivity index (χ1n) is 7.68. The van der Waals surface area contributed by atoms with E-state index >= 15 is 0 Å². The van der Waals surface area contributed by atoms with E-state index in [1.54, 1.807) is 16.4 Å². The number of hydrogen-bond acceptors (Lipinski definition) is 4. The SMILES string of the molecule is CCN(CC)C(=O)c1c(C)oc2ncn(CC(C)C)c(=O)c12. The van der Waals surface area contributed by atoms with Gasteiger partial charge in [0, 0.05) is 19.6 Å². The zero-order valence-corrected chi connectivity index (χ0v) is 13.8. The summed E-state index contributed by atoms with van der Waals surface area (Å²) in [5, 5.41) is 0.289. The van der Waals surface area contributed by atoms with Gasteiger partial charge in [-0.05, 0) is 26.7 Å². The Hall–Kier alpha value is -2.11. The minimum absolute atomic E-state index is 0.178. The summed E-state index contributed by atoms with van der Waals surface area (Å²) in [6, 6.07) is 0. The predicted molar refractivity (Wildman–Crippen MR) is 85.1 cm³/mol. The van der Waals surface area contributed by atoms with Gasteiger partial charge in [-0.25, -0.2) is 4.98 Å². The average Bonchev–Trinajstić information content (AvgIpc) is 2.79. The van der Waals surface area contributed by atoms with E-state index in [0.717, 1.165) is 0 Å². The zero-order valence-electron chi connectivity index (χ0n) is 13.8. The van der Waals surface area contributed by atoms with Crippen molar-refractivity contribution < 1.29 is 9.21 Å². The Morgan fingerprint density at radius 3 is 2.55 bits per heavy atom. The van der Waals surface area contributed by atoms with Crippen molar-refractivity contribution in [3.8, 4) is 0 Å². The normalized spacial score (nSPS) is 11.4. The van der Waals surface area contributed by atoms with Crippen LogP contribution in [0.5, 0.6) is 0 Å². The summed E-state index contributed by atoms with van der Waals surface area (Å²) >= 11 is 0. The fourth-order valence-electron chi connectivity index (χ4n) is 2.59. The van der Waals surface area contributed by atoms with Crippen LogP contribution in [0.1, 0.15) is 43.8 Å². The summed E-state index contributed by atoms with van der Waals surface area (Å²) in [6.45, 7) is 11.3. The van der Waals surface area contributed by atoms with Crippen LogP contribution in [-0.4, -0.2) is 33.4 Å². The monoisotopic (exact) mass is 305 g/mol. The van der Waals surface area contributed by atoms with E-state index in [-0.39, 0.29) is 22.6 Å². The van der Waals surface area contributed by atoms with E-state index in [1.807, 2.05) is 27.7 Å². The molecular weight excluding hydrogens is 282 g/mol. The highest BCUT2D eigenvalue weighted by Gasteiger charge is 2.25. The van der Waals surface area contributed by atoms with Gasteiger partial charge in [-0.2, -0.15) is 0 Å². The van der Waals surface area contributed by atoms with Gasteiger partial charge in [0.25, 0.3) is 11.5 Å². The molecule has 0 spiro atoms. The molecule has 22 heavy (non-hydrogen) atoms. The summed E-state index contributed by atoms with van der Waals surface area (Å²) in [5.74, 6) is 0.577. The summed E-state index contributed by atoms with van der Waals surface area (Å²) in [6.07, 6.45) is 1.49. The van der Waals surface area contributed by atoms with Crippen LogP contribution in [0, 0.1) is 12.8 Å². The fraction of sp³-hybridized carbons (Fsp3) is 0.562. The lowest BCUT2D eigenvalue weighted by Gasteiger charge is -2.18. The molecule has 0 N–H and O–H groups in total. The van der Waals surface area contributed by atoms with Crippen LogP contribution in [0.4, 0.5) is 0 Å². The maximum atomic E-state index is 12.7. The van der Waals surface area contributed by atoms with Gasteiger partial charge >= 0.3 is 0 Å². The highest BCUT2D eigenvalue weighted by Crippen LogP contribution is 2.22. The first-order chi connectivity index (χ1) is 10.4. The summed E-state index contributed by atoms with van der Waals surface area (Å²) in [4.78, 5) is 31.2. The van der Waals surface area contributed by atoms with E-state index in [0.29, 0.717) is 36.9 Å². The third kappa shape index (κ3) is 2.77. The first-order valence-corrected chi connectivity index (χ1v) is 7.68. The second kappa shape index (κ2) is 6.34. The molecule has 0 aromatic carbocycles. The Morgan fingerprint density at radius 2 is 2.00 bits per heavy atom. The smallest absolute Gasteiger partial charge is 0.265 e. The number of hydrogen-bond donors (Lipinski definition) is 0. The fourth-order valence-corrected chi connectivity index (χ4v) is 2.59. The van der Waals surface area contributed by atoms with Crippen LogP contribution in [-0.2, 0) is 6.54 Å². The number of aryl methyl sites for hydroxylation is 1. The molecule has 1 amide bonds. The molecule has 0 aliphatic carbocycles. The highest BCUT2D eigenvalue weighted by atomic mass is 16.3. The number of aromatic nitrogens is 2. The average molecular weight is 305 g/mol. The van der Waals surface area contributed by atoms with Gasteiger partial charge in [0.05, 0.1) is 5.56 Å². The molecule has 0 unspecified atom stereocenters. The van der Waals surface area contributed by atoms with Gasteiger partial charge in [-0.3, -0.25) is 14.2 Å². The van der Waals surface area contributed by atoms with Crippen molar-refractivity contribution in [3.63, 3.8) is 0 Å². The molecule has 0 atom stereocenters. The molecule has 6 nitrogen and oxygen atoms in total. The Morgan fingerprint density at radius 1 is 1.36 bits per heavy atom. The van der Waals surface area contributed by atoms with Crippen molar-refractivity contribution in [2.24, 2.45) is 5.92 Å². The van der Waals surface area contributed by atoms with Crippen LogP contribution in [0.2, 0.25) is 0 Å². The number of furan rings is 1. The maximum absolute atomic E-state index is 12.7. The molecule has 0 fully saturated rings. The minimum atomic E-state index is -0.217. The third-order valence-electron chi connectivity index (χ3n) is 3.68. The molecule has 0 saturated heterocycles. The quantitative estimate of drug-likeness (QED) is 0.851. The summed E-state index contributed by atoms with van der Waals surface area (Å²) in [7, 11) is 0. The van der Waals surface area contributed by atoms with Gasteiger partial charge < -0.3 is 9.32 Å². The molecule has 0 aliphatic rings. The number of amides is 1. The van der Waals surface area contributed by atoms with Crippen molar-refractivity contribution in [2.45, 2.75) is 41.2 Å². The van der Waals surface area contributed by atoms with E-state index in [4.69, 9.17) is 4.42 Å². The maximum Gasteiger partial charge on any atom is 0.265 e. The lowest BCUT2D eigenvalue weighted by molar-refractivity contribution is 0.0773. The van der Waals surface area contributed by atoms with Crippen LogP contribution >= 0.6 is 0 Å². The number of fused-ring (bicyclic) bond motifs is 1. The van der Waals surface area contributed by atoms with Gasteiger partial charge in [-0.1, -0.05) is 13.8 Å². The van der Waals surface area contributed by atoms with Crippen LogP contribution in [0.15, 0.2) is 15.5 Å². The van der Waals surface area contributed by atoms with E-state index < -0.39 is 0 Å². The van der Waals surface area contributed by atoms with E-state index in [9.17, 15) is 9.59 Å². The Kier molecular flexibility index (Phi) is 4.68. The second-order valence-electron chi connectivity index (χ2n) is 5.79. The zero-order chi connectivity index (χ0) is 16.4. The Bertz CT molecular complexity index is 739. The van der Waals surface area contributed by atoms with Crippen molar-refractivity contribution in [3.05, 3.63) is 28.0 Å². The van der Waals surface area contributed by atoms with Crippen molar-refractivity contribution >= 4 is 17.0 Å². The molecule has 0 radical (unpaired) electrons. The molecule has 2 heterocycles. The molecule has 0 aliphatic heterocycles. The number of carbonyl (C=O) groups excluding carboxylic acids is 1. The lowest BCUT2D eigenvalue weighted by Crippen LogP contribution is -2.32. The number of nitrogens with zero attached hydrogens (tertiary/aromatic N) is 3.